The number of benzene rings is 1. The van der Waals surface area contributed by atoms with Gasteiger partial charge in [-0.3, -0.25) is 0 Å². The van der Waals surface area contributed by atoms with E-state index >= 15 is 0 Å². The molecule has 2 rings (SSSR count). The van der Waals surface area contributed by atoms with Gasteiger partial charge in [0.2, 0.25) is 0 Å². The first-order chi connectivity index (χ1) is 6.45. The Balaban J connectivity index is 2.23. The summed E-state index contributed by atoms with van der Waals surface area (Å²) in [5, 5.41) is 0. The standard InChI is InChI=1S/C12H9N/c1-2-5-11(6-3-1)8-9-12-7-4-10-13-12/h1-7,10,13H. The third-order valence-corrected chi connectivity index (χ3v) is 1.71. The lowest BCUT2D eigenvalue weighted by Gasteiger charge is -1.85. The molecule has 1 heteroatoms. The van der Waals surface area contributed by atoms with E-state index in [2.05, 4.69) is 16.8 Å². The summed E-state index contributed by atoms with van der Waals surface area (Å²) in [6, 6.07) is 13.8. The predicted molar refractivity (Wildman–Crippen MR) is 53.2 cm³/mol. The van der Waals surface area contributed by atoms with Gasteiger partial charge in [0, 0.05) is 11.8 Å². The van der Waals surface area contributed by atoms with Crippen LogP contribution in [-0.4, -0.2) is 4.98 Å². The molecule has 1 nitrogen and oxygen atoms in total. The molecule has 0 spiro atoms. The van der Waals surface area contributed by atoms with E-state index in [1.807, 2.05) is 48.7 Å². The Morgan fingerprint density at radius 2 is 1.69 bits per heavy atom. The zero-order valence-corrected chi connectivity index (χ0v) is 7.12. The Kier molecular flexibility index (Phi) is 2.16. The average molecular weight is 167 g/mol. The number of nitrogens with one attached hydrogen (secondary N) is 1. The quantitative estimate of drug-likeness (QED) is 0.580. The van der Waals surface area contributed by atoms with E-state index in [0.717, 1.165) is 11.3 Å². The molecule has 0 amide bonds. The van der Waals surface area contributed by atoms with Crippen LogP contribution in [-0.2, 0) is 0 Å². The molecule has 0 aliphatic rings. The van der Waals surface area contributed by atoms with Crippen molar-refractivity contribution in [3.63, 3.8) is 0 Å². The highest BCUT2D eigenvalue weighted by atomic mass is 14.7. The van der Waals surface area contributed by atoms with Crippen LogP contribution in [0.4, 0.5) is 0 Å². The van der Waals surface area contributed by atoms with Crippen molar-refractivity contribution in [2.75, 3.05) is 0 Å². The number of rotatable bonds is 0. The topological polar surface area (TPSA) is 15.8 Å². The van der Waals surface area contributed by atoms with Gasteiger partial charge in [0.1, 0.15) is 0 Å². The third kappa shape index (κ3) is 2.00. The van der Waals surface area contributed by atoms with Crippen LogP contribution >= 0.6 is 0 Å². The average Bonchev–Trinajstić information content (AvgIpc) is 2.69. The first-order valence-corrected chi connectivity index (χ1v) is 4.15. The number of hydrogen-bond donors (Lipinski definition) is 1. The van der Waals surface area contributed by atoms with Crippen molar-refractivity contribution >= 4 is 0 Å². The van der Waals surface area contributed by atoms with E-state index < -0.39 is 0 Å². The van der Waals surface area contributed by atoms with Crippen LogP contribution in [0.2, 0.25) is 0 Å². The van der Waals surface area contributed by atoms with Crippen LogP contribution in [0.25, 0.3) is 0 Å². The second kappa shape index (κ2) is 3.64. The van der Waals surface area contributed by atoms with E-state index in [0.29, 0.717) is 0 Å². The van der Waals surface area contributed by atoms with Crippen molar-refractivity contribution in [1.82, 2.24) is 4.98 Å². The third-order valence-electron chi connectivity index (χ3n) is 1.71. The van der Waals surface area contributed by atoms with Crippen molar-refractivity contribution in [2.45, 2.75) is 0 Å². The molecule has 2 aromatic rings. The van der Waals surface area contributed by atoms with Crippen LogP contribution in [0.5, 0.6) is 0 Å². The summed E-state index contributed by atoms with van der Waals surface area (Å²) in [6.45, 7) is 0. The van der Waals surface area contributed by atoms with E-state index in [1.54, 1.807) is 0 Å². The van der Waals surface area contributed by atoms with Gasteiger partial charge in [-0.2, -0.15) is 0 Å². The van der Waals surface area contributed by atoms with Crippen LogP contribution in [0.3, 0.4) is 0 Å². The molecule has 1 N–H and O–H groups in total. The summed E-state index contributed by atoms with van der Waals surface area (Å²) in [5.74, 6) is 6.10. The van der Waals surface area contributed by atoms with Crippen molar-refractivity contribution < 1.29 is 0 Å². The van der Waals surface area contributed by atoms with Crippen LogP contribution in [0, 0.1) is 11.8 Å². The Labute approximate surface area is 77.4 Å². The first kappa shape index (κ1) is 7.70. The molecular weight excluding hydrogens is 158 g/mol. The molecule has 0 saturated carbocycles. The van der Waals surface area contributed by atoms with E-state index in [1.165, 1.54) is 0 Å². The van der Waals surface area contributed by atoms with Gasteiger partial charge in [0.15, 0.2) is 0 Å². The van der Waals surface area contributed by atoms with Crippen LogP contribution < -0.4 is 0 Å². The molecule has 0 unspecified atom stereocenters. The largest absolute Gasteiger partial charge is 0.355 e. The molecule has 62 valence electrons. The Bertz CT molecular complexity index is 415. The minimum atomic E-state index is 0.948. The van der Waals surface area contributed by atoms with Gasteiger partial charge in [-0.15, -0.1) is 0 Å². The minimum absolute atomic E-state index is 0.948. The highest BCUT2D eigenvalue weighted by Gasteiger charge is 1.84. The number of aromatic amines is 1. The molecule has 0 saturated heterocycles. The Hall–Kier alpha value is -1.94. The predicted octanol–water partition coefficient (Wildman–Crippen LogP) is 2.41. The summed E-state index contributed by atoms with van der Waals surface area (Å²) in [7, 11) is 0. The van der Waals surface area contributed by atoms with Crippen molar-refractivity contribution in [3.8, 4) is 11.8 Å². The lowest BCUT2D eigenvalue weighted by molar-refractivity contribution is 1.37. The summed E-state index contributed by atoms with van der Waals surface area (Å²) in [6.07, 6.45) is 1.87. The minimum Gasteiger partial charge on any atom is -0.355 e. The highest BCUT2D eigenvalue weighted by molar-refractivity contribution is 5.39. The maximum absolute atomic E-state index is 3.07. The molecule has 0 bridgehead atoms. The van der Waals surface area contributed by atoms with Gasteiger partial charge in [-0.05, 0) is 30.2 Å². The number of H-pyrrole nitrogens is 1. The first-order valence-electron chi connectivity index (χ1n) is 4.15. The Morgan fingerprint density at radius 3 is 2.38 bits per heavy atom. The molecule has 13 heavy (non-hydrogen) atoms. The lowest BCUT2D eigenvalue weighted by Crippen LogP contribution is -1.73. The van der Waals surface area contributed by atoms with E-state index in [4.69, 9.17) is 0 Å². The normalized spacial score (nSPS) is 8.92. The van der Waals surface area contributed by atoms with Gasteiger partial charge in [0.25, 0.3) is 0 Å². The SMILES string of the molecule is C(#Cc1ccc[nH]1)c1ccccc1. The second-order valence-corrected chi connectivity index (χ2v) is 2.70. The zero-order valence-electron chi connectivity index (χ0n) is 7.12. The molecule has 0 fully saturated rings. The fourth-order valence-corrected chi connectivity index (χ4v) is 1.07. The Morgan fingerprint density at radius 1 is 0.846 bits per heavy atom. The maximum Gasteiger partial charge on any atom is 0.0897 e. The molecule has 0 radical (unpaired) electrons. The molecule has 1 aromatic carbocycles. The molecular formula is C12H9N. The molecule has 0 aliphatic carbocycles. The summed E-state index contributed by atoms with van der Waals surface area (Å²) in [5.41, 5.74) is 1.99. The molecule has 0 aliphatic heterocycles. The molecule has 0 atom stereocenters. The van der Waals surface area contributed by atoms with Crippen LogP contribution in [0.15, 0.2) is 48.7 Å². The maximum atomic E-state index is 3.07. The van der Waals surface area contributed by atoms with Gasteiger partial charge in [0.05, 0.1) is 5.69 Å². The fourth-order valence-electron chi connectivity index (χ4n) is 1.07. The highest BCUT2D eigenvalue weighted by Crippen LogP contribution is 1.96. The van der Waals surface area contributed by atoms with E-state index in [9.17, 15) is 0 Å². The van der Waals surface area contributed by atoms with Crippen molar-refractivity contribution in [1.29, 1.82) is 0 Å². The summed E-state index contributed by atoms with van der Waals surface area (Å²) >= 11 is 0. The van der Waals surface area contributed by atoms with E-state index in [-0.39, 0.29) is 0 Å². The van der Waals surface area contributed by atoms with Crippen molar-refractivity contribution in [3.05, 3.63) is 59.9 Å². The van der Waals surface area contributed by atoms with Gasteiger partial charge in [-0.25, -0.2) is 0 Å². The number of aromatic nitrogens is 1. The van der Waals surface area contributed by atoms with Gasteiger partial charge in [-0.1, -0.05) is 24.1 Å². The lowest BCUT2D eigenvalue weighted by atomic mass is 10.2. The van der Waals surface area contributed by atoms with Gasteiger partial charge >= 0.3 is 0 Å². The monoisotopic (exact) mass is 167 g/mol. The van der Waals surface area contributed by atoms with Crippen LogP contribution in [0.1, 0.15) is 11.3 Å². The molecule has 1 heterocycles. The van der Waals surface area contributed by atoms with Crippen molar-refractivity contribution in [2.24, 2.45) is 0 Å². The number of hydrogen-bond acceptors (Lipinski definition) is 0. The second-order valence-electron chi connectivity index (χ2n) is 2.70. The summed E-state index contributed by atoms with van der Waals surface area (Å²) < 4.78 is 0. The molecule has 1 aromatic heterocycles. The van der Waals surface area contributed by atoms with Gasteiger partial charge < -0.3 is 4.98 Å². The zero-order chi connectivity index (χ0) is 8.93. The fraction of sp³-hybridized carbons (Fsp3) is 0. The smallest absolute Gasteiger partial charge is 0.0897 e. The summed E-state index contributed by atoms with van der Waals surface area (Å²) in [4.78, 5) is 3.03.